The average molecular weight is 431 g/mol. The molecule has 0 radical (unpaired) electrons. The molecule has 112 valence electrons. The second kappa shape index (κ2) is 4.96. The van der Waals surface area contributed by atoms with E-state index in [1.807, 2.05) is 0 Å². The lowest BCUT2D eigenvalue weighted by Gasteiger charge is -2.06. The number of carbonyl (C=O) groups excluding carboxylic acids is 1. The van der Waals surface area contributed by atoms with Crippen molar-refractivity contribution in [2.24, 2.45) is 5.73 Å². The van der Waals surface area contributed by atoms with E-state index in [0.29, 0.717) is 8.95 Å². The molecule has 3 rings (SSSR count). The molecule has 3 aromatic rings. The lowest BCUT2D eigenvalue weighted by molar-refractivity contribution is 0.0994. The molecule has 3 N–H and O–H groups in total. The third-order valence-corrected chi connectivity index (χ3v) is 4.04. The smallest absolute Gasteiger partial charge is 0.353 e. The highest BCUT2D eigenvalue weighted by atomic mass is 79.9. The number of aromatic hydroxyl groups is 1. The van der Waals surface area contributed by atoms with Crippen LogP contribution in [0.25, 0.3) is 21.9 Å². The Kier molecular flexibility index (Phi) is 3.33. The van der Waals surface area contributed by atoms with Crippen LogP contribution in [0.15, 0.2) is 39.5 Å². The van der Waals surface area contributed by atoms with E-state index in [0.717, 1.165) is 0 Å². The normalized spacial score (nSPS) is 11.2. The summed E-state index contributed by atoms with van der Waals surface area (Å²) in [5.41, 5.74) is 2.05. The fourth-order valence-electron chi connectivity index (χ4n) is 2.10. The Morgan fingerprint density at radius 1 is 1.09 bits per heavy atom. The molecule has 2 heterocycles. The van der Waals surface area contributed by atoms with Crippen molar-refractivity contribution in [3.05, 3.63) is 47.5 Å². The van der Waals surface area contributed by atoms with Crippen LogP contribution in [0.3, 0.4) is 0 Å². The van der Waals surface area contributed by atoms with Gasteiger partial charge in [0.25, 0.3) is 5.91 Å². The molecule has 0 saturated carbocycles. The van der Waals surface area contributed by atoms with Gasteiger partial charge in [0, 0.05) is 4.47 Å². The van der Waals surface area contributed by atoms with E-state index < -0.39 is 33.9 Å². The first-order chi connectivity index (χ1) is 10.3. The van der Waals surface area contributed by atoms with Crippen LogP contribution in [0, 0.1) is 0 Å². The second-order valence-corrected chi connectivity index (χ2v) is 6.11. The molecule has 2 aromatic heterocycles. The molecule has 0 unspecified atom stereocenters. The molecular formula is C13H5Br2NO6. The van der Waals surface area contributed by atoms with E-state index in [-0.39, 0.29) is 16.6 Å². The number of carbonyl (C=O) groups is 1. The Hall–Kier alpha value is -2.13. The first kappa shape index (κ1) is 14.8. The van der Waals surface area contributed by atoms with Crippen molar-refractivity contribution in [3.8, 4) is 5.75 Å². The van der Waals surface area contributed by atoms with Crippen molar-refractivity contribution >= 4 is 59.7 Å². The van der Waals surface area contributed by atoms with Crippen molar-refractivity contribution in [3.63, 3.8) is 0 Å². The van der Waals surface area contributed by atoms with Crippen LogP contribution in [0.4, 0.5) is 0 Å². The minimum Gasteiger partial charge on any atom is -0.506 e. The lowest BCUT2D eigenvalue weighted by Crippen LogP contribution is -2.22. The van der Waals surface area contributed by atoms with Crippen LogP contribution >= 0.6 is 31.9 Å². The topological polar surface area (TPSA) is 124 Å². The molecule has 0 spiro atoms. The molecule has 0 aliphatic rings. The minimum atomic E-state index is -1.21. The Bertz CT molecular complexity index is 1080. The van der Waals surface area contributed by atoms with E-state index in [2.05, 4.69) is 31.9 Å². The monoisotopic (exact) mass is 429 g/mol. The van der Waals surface area contributed by atoms with Crippen molar-refractivity contribution in [2.45, 2.75) is 0 Å². The summed E-state index contributed by atoms with van der Waals surface area (Å²) >= 11 is 6.48. The molecule has 7 nitrogen and oxygen atoms in total. The average Bonchev–Trinajstić information content (AvgIpc) is 2.39. The van der Waals surface area contributed by atoms with Crippen LogP contribution in [0.5, 0.6) is 5.75 Å². The summed E-state index contributed by atoms with van der Waals surface area (Å²) < 4.78 is 11.2. The van der Waals surface area contributed by atoms with Gasteiger partial charge in [0.2, 0.25) is 0 Å². The number of primary amides is 1. The number of hydrogen-bond acceptors (Lipinski definition) is 6. The predicted octanol–water partition coefficient (Wildman–Crippen LogP) is 2.23. The molecule has 9 heteroatoms. The number of nitrogens with two attached hydrogens (primary N) is 1. The molecular weight excluding hydrogens is 426 g/mol. The summed E-state index contributed by atoms with van der Waals surface area (Å²) in [7, 11) is 0. The van der Waals surface area contributed by atoms with Crippen LogP contribution in [0.2, 0.25) is 0 Å². The summed E-state index contributed by atoms with van der Waals surface area (Å²) in [6.45, 7) is 0. The van der Waals surface area contributed by atoms with Crippen LogP contribution in [0.1, 0.15) is 10.4 Å². The first-order valence-corrected chi connectivity index (χ1v) is 7.31. The van der Waals surface area contributed by atoms with Crippen molar-refractivity contribution in [1.82, 2.24) is 0 Å². The van der Waals surface area contributed by atoms with Crippen LogP contribution < -0.4 is 17.0 Å². The van der Waals surface area contributed by atoms with Gasteiger partial charge in [-0.25, -0.2) is 9.59 Å². The Labute approximate surface area is 137 Å². The summed E-state index contributed by atoms with van der Waals surface area (Å²) in [5.74, 6) is -2.06. The number of fused-ring (bicyclic) bond motifs is 3. The fourth-order valence-corrected chi connectivity index (χ4v) is 3.40. The van der Waals surface area contributed by atoms with Crippen LogP contribution in [-0.2, 0) is 0 Å². The number of amides is 1. The molecule has 22 heavy (non-hydrogen) atoms. The molecule has 0 fully saturated rings. The first-order valence-electron chi connectivity index (χ1n) is 5.72. The summed E-state index contributed by atoms with van der Waals surface area (Å²) in [5, 5.41) is 9.87. The largest absolute Gasteiger partial charge is 0.506 e. The van der Waals surface area contributed by atoms with E-state index in [1.165, 1.54) is 6.07 Å². The Morgan fingerprint density at radius 3 is 2.36 bits per heavy atom. The number of benzene rings is 1. The quantitative estimate of drug-likeness (QED) is 0.450. The molecule has 0 aliphatic carbocycles. The van der Waals surface area contributed by atoms with E-state index in [1.54, 1.807) is 6.07 Å². The third kappa shape index (κ3) is 2.04. The maximum Gasteiger partial charge on any atom is 0.353 e. The van der Waals surface area contributed by atoms with Crippen molar-refractivity contribution < 1.29 is 18.7 Å². The van der Waals surface area contributed by atoms with E-state index >= 15 is 0 Å². The van der Waals surface area contributed by atoms with Gasteiger partial charge >= 0.3 is 11.3 Å². The molecule has 0 atom stereocenters. The summed E-state index contributed by atoms with van der Waals surface area (Å²) in [6, 6.07) is 3.17. The van der Waals surface area contributed by atoms with Crippen molar-refractivity contribution in [2.75, 3.05) is 0 Å². The van der Waals surface area contributed by atoms with Gasteiger partial charge in [0.1, 0.15) is 5.39 Å². The third-order valence-electron chi connectivity index (χ3n) is 3.00. The molecule has 0 saturated heterocycles. The van der Waals surface area contributed by atoms with E-state index in [4.69, 9.17) is 14.6 Å². The summed E-state index contributed by atoms with van der Waals surface area (Å²) in [4.78, 5) is 35.1. The highest BCUT2D eigenvalue weighted by Gasteiger charge is 2.24. The molecule has 1 amide bonds. The number of rotatable bonds is 1. The zero-order valence-electron chi connectivity index (χ0n) is 10.5. The summed E-state index contributed by atoms with van der Waals surface area (Å²) in [6.07, 6.45) is 0. The predicted molar refractivity (Wildman–Crippen MR) is 84.1 cm³/mol. The van der Waals surface area contributed by atoms with Gasteiger partial charge in [-0.15, -0.1) is 0 Å². The van der Waals surface area contributed by atoms with Gasteiger partial charge in [0.15, 0.2) is 22.5 Å². The highest BCUT2D eigenvalue weighted by molar-refractivity contribution is 9.11. The van der Waals surface area contributed by atoms with Gasteiger partial charge < -0.3 is 19.7 Å². The molecule has 1 aromatic carbocycles. The minimum absolute atomic E-state index is 0.134. The highest BCUT2D eigenvalue weighted by Crippen LogP contribution is 2.34. The van der Waals surface area contributed by atoms with E-state index in [9.17, 15) is 19.5 Å². The van der Waals surface area contributed by atoms with Gasteiger partial charge in [-0.3, -0.25) is 4.79 Å². The molecule has 0 bridgehead atoms. The molecule has 0 aliphatic heterocycles. The Morgan fingerprint density at radius 2 is 1.73 bits per heavy atom. The van der Waals surface area contributed by atoms with Gasteiger partial charge in [-0.05, 0) is 28.1 Å². The van der Waals surface area contributed by atoms with Crippen molar-refractivity contribution in [1.29, 1.82) is 0 Å². The maximum atomic E-state index is 12.1. The zero-order chi connectivity index (χ0) is 16.2. The van der Waals surface area contributed by atoms with Gasteiger partial charge in [-0.1, -0.05) is 15.9 Å². The van der Waals surface area contributed by atoms with Crippen LogP contribution in [-0.4, -0.2) is 11.0 Å². The zero-order valence-corrected chi connectivity index (χ0v) is 13.6. The number of hydrogen-bond donors (Lipinski definition) is 2. The fraction of sp³-hybridized carbons (Fsp3) is 0. The lowest BCUT2D eigenvalue weighted by atomic mass is 10.1. The van der Waals surface area contributed by atoms with Gasteiger partial charge in [0.05, 0.1) is 9.86 Å². The number of halogens is 2. The van der Waals surface area contributed by atoms with Gasteiger partial charge in [-0.2, -0.15) is 0 Å². The maximum absolute atomic E-state index is 12.1. The SMILES string of the molecule is NC(=O)c1c(O)c2c(=O)oc3c(Br)cc(Br)cc3c2oc1=O. The second-order valence-electron chi connectivity index (χ2n) is 4.34. The Balaban J connectivity index is 2.69. The standard InChI is InChI=1S/C13H5Br2NO6/c14-3-1-4-9(5(15)2-3)21-12(19)6-8(17)7(11(16)18)13(20)22-10(4)6/h1-2,17H,(H2,16,18).